The van der Waals surface area contributed by atoms with Crippen LogP contribution in [0.5, 0.6) is 0 Å². The molecule has 152 valence electrons. The molecule has 0 aliphatic rings. The molecular formula is C24H23ClN4O. The van der Waals surface area contributed by atoms with Crippen LogP contribution in [0.25, 0.3) is 28.2 Å². The Balaban J connectivity index is 1.82. The third kappa shape index (κ3) is 4.21. The summed E-state index contributed by atoms with van der Waals surface area (Å²) in [6.45, 7) is 4.87. The molecule has 5 nitrogen and oxygen atoms in total. The summed E-state index contributed by atoms with van der Waals surface area (Å²) in [5.41, 5.74) is 4.17. The van der Waals surface area contributed by atoms with Crippen LogP contribution < -0.4 is 5.32 Å². The number of nitrogens with one attached hydrogen (secondary N) is 1. The lowest BCUT2D eigenvalue weighted by atomic mass is 10.1. The molecule has 0 fully saturated rings. The number of carbonyl (C=O) groups is 1. The first-order chi connectivity index (χ1) is 14.5. The Morgan fingerprint density at radius 3 is 2.50 bits per heavy atom. The maximum absolute atomic E-state index is 13.0. The van der Waals surface area contributed by atoms with Crippen molar-refractivity contribution in [2.45, 2.75) is 20.3 Å². The molecule has 4 rings (SSSR count). The van der Waals surface area contributed by atoms with Crippen molar-refractivity contribution in [1.82, 2.24) is 19.9 Å². The zero-order chi connectivity index (χ0) is 21.1. The summed E-state index contributed by atoms with van der Waals surface area (Å²) in [6, 6.07) is 21.0. The number of halogens is 1. The number of hydrogen-bond acceptors (Lipinski definition) is 3. The molecule has 6 heteroatoms. The summed E-state index contributed by atoms with van der Waals surface area (Å²) in [5, 5.41) is 8.26. The highest BCUT2D eigenvalue weighted by atomic mass is 35.5. The van der Waals surface area contributed by atoms with Gasteiger partial charge in [-0.2, -0.15) is 5.10 Å². The summed E-state index contributed by atoms with van der Waals surface area (Å²) >= 11 is 6.40. The molecule has 0 unspecified atom stereocenters. The molecule has 0 spiro atoms. The van der Waals surface area contributed by atoms with Crippen molar-refractivity contribution in [3.63, 3.8) is 0 Å². The number of amides is 1. The average Bonchev–Trinajstić information content (AvgIpc) is 3.18. The van der Waals surface area contributed by atoms with Gasteiger partial charge in [0.15, 0.2) is 5.65 Å². The highest BCUT2D eigenvalue weighted by Crippen LogP contribution is 2.28. The highest BCUT2D eigenvalue weighted by Gasteiger charge is 2.18. The van der Waals surface area contributed by atoms with Gasteiger partial charge >= 0.3 is 0 Å². The molecule has 0 aliphatic carbocycles. The lowest BCUT2D eigenvalue weighted by molar-refractivity contribution is 0.0944. The van der Waals surface area contributed by atoms with Crippen molar-refractivity contribution in [2.75, 3.05) is 6.54 Å². The number of fused-ring (bicyclic) bond motifs is 1. The van der Waals surface area contributed by atoms with Crippen molar-refractivity contribution in [3.8, 4) is 22.5 Å². The Hall–Kier alpha value is -3.18. The molecular weight excluding hydrogens is 396 g/mol. The lowest BCUT2D eigenvalue weighted by Crippen LogP contribution is -2.27. The summed E-state index contributed by atoms with van der Waals surface area (Å²) < 4.78 is 1.60. The summed E-state index contributed by atoms with van der Waals surface area (Å²) in [6.07, 6.45) is 0.908. The van der Waals surface area contributed by atoms with Crippen LogP contribution in [0, 0.1) is 5.92 Å². The Morgan fingerprint density at radius 1 is 1.03 bits per heavy atom. The van der Waals surface area contributed by atoms with Crippen LogP contribution in [-0.2, 0) is 0 Å². The van der Waals surface area contributed by atoms with Crippen molar-refractivity contribution in [2.24, 2.45) is 5.92 Å². The second-order valence-corrected chi connectivity index (χ2v) is 8.02. The van der Waals surface area contributed by atoms with E-state index in [1.165, 1.54) is 0 Å². The van der Waals surface area contributed by atoms with E-state index in [9.17, 15) is 4.79 Å². The molecule has 0 aliphatic heterocycles. The van der Waals surface area contributed by atoms with E-state index in [-0.39, 0.29) is 5.91 Å². The number of hydrogen-bond donors (Lipinski definition) is 1. The van der Waals surface area contributed by atoms with Gasteiger partial charge in [-0.05, 0) is 24.5 Å². The molecule has 0 saturated heterocycles. The van der Waals surface area contributed by atoms with E-state index in [1.807, 2.05) is 60.7 Å². The normalized spacial score (nSPS) is 11.2. The smallest absolute Gasteiger partial charge is 0.270 e. The zero-order valence-corrected chi connectivity index (χ0v) is 17.7. The minimum absolute atomic E-state index is 0.181. The molecule has 0 bridgehead atoms. The van der Waals surface area contributed by atoms with E-state index in [0.717, 1.165) is 23.2 Å². The van der Waals surface area contributed by atoms with Gasteiger partial charge in [0, 0.05) is 28.8 Å². The molecule has 1 N–H and O–H groups in total. The van der Waals surface area contributed by atoms with Gasteiger partial charge in [0.1, 0.15) is 5.69 Å². The predicted molar refractivity (Wildman–Crippen MR) is 121 cm³/mol. The Morgan fingerprint density at radius 2 is 1.77 bits per heavy atom. The van der Waals surface area contributed by atoms with Crippen LogP contribution in [0.15, 0.2) is 66.7 Å². The first kappa shape index (κ1) is 20.1. The molecule has 4 aromatic rings. The fourth-order valence-corrected chi connectivity index (χ4v) is 3.49. The molecule has 2 aromatic heterocycles. The van der Waals surface area contributed by atoms with Gasteiger partial charge in [-0.3, -0.25) is 4.79 Å². The molecule has 0 radical (unpaired) electrons. The van der Waals surface area contributed by atoms with Gasteiger partial charge in [0.2, 0.25) is 0 Å². The number of nitrogens with zero attached hydrogens (tertiary/aromatic N) is 3. The van der Waals surface area contributed by atoms with E-state index in [4.69, 9.17) is 16.6 Å². The Bertz CT molecular complexity index is 1180. The van der Waals surface area contributed by atoms with E-state index < -0.39 is 0 Å². The van der Waals surface area contributed by atoms with E-state index in [2.05, 4.69) is 24.3 Å². The minimum Gasteiger partial charge on any atom is -0.351 e. The van der Waals surface area contributed by atoms with Crippen LogP contribution in [-0.4, -0.2) is 27.0 Å². The zero-order valence-electron chi connectivity index (χ0n) is 17.0. The SMILES string of the molecule is CC(C)CCNC(=O)c1cc(-c2ccccc2Cl)nc2cc(-c3ccccc3)nn12. The van der Waals surface area contributed by atoms with Gasteiger partial charge in [0.25, 0.3) is 5.91 Å². The standard InChI is InChI=1S/C24H23ClN4O/c1-16(2)12-13-26-24(30)22-14-21(18-10-6-7-11-19(18)25)27-23-15-20(28-29(22)23)17-8-4-3-5-9-17/h3-11,14-16H,12-13H2,1-2H3,(H,26,30). The number of aromatic nitrogens is 3. The van der Waals surface area contributed by atoms with Gasteiger partial charge < -0.3 is 5.32 Å². The summed E-state index contributed by atoms with van der Waals surface area (Å²) in [4.78, 5) is 17.8. The van der Waals surface area contributed by atoms with Crippen LogP contribution in [0.4, 0.5) is 0 Å². The second-order valence-electron chi connectivity index (χ2n) is 7.61. The van der Waals surface area contributed by atoms with Crippen LogP contribution in [0.3, 0.4) is 0 Å². The van der Waals surface area contributed by atoms with Crippen molar-refractivity contribution in [1.29, 1.82) is 0 Å². The molecule has 0 saturated carbocycles. The maximum atomic E-state index is 13.0. The third-order valence-corrected chi connectivity index (χ3v) is 5.22. The lowest BCUT2D eigenvalue weighted by Gasteiger charge is -2.11. The molecule has 2 heterocycles. The minimum atomic E-state index is -0.181. The average molecular weight is 419 g/mol. The molecule has 30 heavy (non-hydrogen) atoms. The van der Waals surface area contributed by atoms with Crippen LogP contribution >= 0.6 is 11.6 Å². The van der Waals surface area contributed by atoms with Crippen molar-refractivity contribution < 1.29 is 4.79 Å². The monoisotopic (exact) mass is 418 g/mol. The van der Waals surface area contributed by atoms with Crippen molar-refractivity contribution >= 4 is 23.2 Å². The summed E-state index contributed by atoms with van der Waals surface area (Å²) in [5.74, 6) is 0.329. The second kappa shape index (κ2) is 8.67. The van der Waals surface area contributed by atoms with E-state index in [0.29, 0.717) is 34.5 Å². The first-order valence-electron chi connectivity index (χ1n) is 10.0. The Labute approximate surface area is 180 Å². The quantitative estimate of drug-likeness (QED) is 0.450. The largest absolute Gasteiger partial charge is 0.351 e. The van der Waals surface area contributed by atoms with E-state index >= 15 is 0 Å². The summed E-state index contributed by atoms with van der Waals surface area (Å²) in [7, 11) is 0. The fraction of sp³-hybridized carbons (Fsp3) is 0.208. The molecule has 1 amide bonds. The van der Waals surface area contributed by atoms with Gasteiger partial charge in [0.05, 0.1) is 11.4 Å². The Kier molecular flexibility index (Phi) is 5.81. The maximum Gasteiger partial charge on any atom is 0.270 e. The number of rotatable bonds is 6. The van der Waals surface area contributed by atoms with Gasteiger partial charge in [-0.1, -0.05) is 74.0 Å². The van der Waals surface area contributed by atoms with E-state index in [1.54, 1.807) is 10.6 Å². The van der Waals surface area contributed by atoms with Gasteiger partial charge in [-0.15, -0.1) is 0 Å². The highest BCUT2D eigenvalue weighted by molar-refractivity contribution is 6.33. The molecule has 2 aromatic carbocycles. The fourth-order valence-electron chi connectivity index (χ4n) is 3.26. The number of carbonyl (C=O) groups excluding carboxylic acids is 1. The molecule has 0 atom stereocenters. The topological polar surface area (TPSA) is 59.3 Å². The number of benzene rings is 2. The van der Waals surface area contributed by atoms with Crippen LogP contribution in [0.1, 0.15) is 30.8 Å². The van der Waals surface area contributed by atoms with Crippen molar-refractivity contribution in [3.05, 3.63) is 77.4 Å². The predicted octanol–water partition coefficient (Wildman–Crippen LogP) is 5.49. The van der Waals surface area contributed by atoms with Crippen LogP contribution in [0.2, 0.25) is 5.02 Å². The first-order valence-corrected chi connectivity index (χ1v) is 10.4. The van der Waals surface area contributed by atoms with Gasteiger partial charge in [-0.25, -0.2) is 9.50 Å². The third-order valence-electron chi connectivity index (χ3n) is 4.89.